The normalized spacial score (nSPS) is 10.4. The van der Waals surface area contributed by atoms with Crippen LogP contribution in [0.15, 0.2) is 12.1 Å². The first-order chi connectivity index (χ1) is 9.76. The van der Waals surface area contributed by atoms with Gasteiger partial charge in [-0.1, -0.05) is 0 Å². The fourth-order valence-electron chi connectivity index (χ4n) is 1.97. The highest BCUT2D eigenvalue weighted by atomic mass is 32.2. The number of unbranched alkanes of at least 4 members (excludes halogenated alkanes) is 1. The summed E-state index contributed by atoms with van der Waals surface area (Å²) in [4.78, 5) is 0. The molecule has 20 heavy (non-hydrogen) atoms. The molecule has 0 radical (unpaired) electrons. The lowest BCUT2D eigenvalue weighted by atomic mass is 10.1. The van der Waals surface area contributed by atoms with Gasteiger partial charge in [0.25, 0.3) is 0 Å². The van der Waals surface area contributed by atoms with Gasteiger partial charge in [-0.15, -0.1) is 0 Å². The van der Waals surface area contributed by atoms with Gasteiger partial charge in [-0.05, 0) is 49.1 Å². The van der Waals surface area contributed by atoms with Crippen molar-refractivity contribution in [3.8, 4) is 17.2 Å². The predicted octanol–water partition coefficient (Wildman–Crippen LogP) is 2.95. The minimum Gasteiger partial charge on any atom is -0.493 e. The van der Waals surface area contributed by atoms with Gasteiger partial charge in [-0.2, -0.15) is 11.8 Å². The van der Waals surface area contributed by atoms with E-state index in [2.05, 4.69) is 11.6 Å². The van der Waals surface area contributed by atoms with Crippen molar-refractivity contribution in [1.82, 2.24) is 5.32 Å². The first-order valence-electron chi connectivity index (χ1n) is 6.75. The van der Waals surface area contributed by atoms with Gasteiger partial charge in [0.15, 0.2) is 11.5 Å². The molecule has 0 aliphatic carbocycles. The second-order valence-electron chi connectivity index (χ2n) is 4.41. The zero-order chi connectivity index (χ0) is 14.8. The highest BCUT2D eigenvalue weighted by molar-refractivity contribution is 7.98. The van der Waals surface area contributed by atoms with Gasteiger partial charge in [0, 0.05) is 6.54 Å². The summed E-state index contributed by atoms with van der Waals surface area (Å²) < 4.78 is 16.0. The van der Waals surface area contributed by atoms with Gasteiger partial charge >= 0.3 is 0 Å². The molecule has 0 saturated heterocycles. The maximum absolute atomic E-state index is 5.34. The molecule has 0 atom stereocenters. The molecule has 5 heteroatoms. The van der Waals surface area contributed by atoms with Crippen LogP contribution >= 0.6 is 11.8 Å². The maximum atomic E-state index is 5.34. The first-order valence-corrected chi connectivity index (χ1v) is 8.14. The predicted molar refractivity (Wildman–Crippen MR) is 85.4 cm³/mol. The Bertz CT molecular complexity index is 374. The minimum absolute atomic E-state index is 0.638. The topological polar surface area (TPSA) is 39.7 Å². The average Bonchev–Trinajstić information content (AvgIpc) is 2.49. The van der Waals surface area contributed by atoms with Crippen molar-refractivity contribution in [2.24, 2.45) is 0 Å². The summed E-state index contributed by atoms with van der Waals surface area (Å²) >= 11 is 1.90. The Balaban J connectivity index is 2.57. The Morgan fingerprint density at radius 3 is 2.15 bits per heavy atom. The molecule has 4 nitrogen and oxygen atoms in total. The Kier molecular flexibility index (Phi) is 8.30. The zero-order valence-electron chi connectivity index (χ0n) is 12.8. The van der Waals surface area contributed by atoms with Gasteiger partial charge in [0.05, 0.1) is 21.3 Å². The van der Waals surface area contributed by atoms with Crippen LogP contribution in [0.4, 0.5) is 0 Å². The molecule has 0 spiro atoms. The lowest BCUT2D eigenvalue weighted by molar-refractivity contribution is 0.323. The van der Waals surface area contributed by atoms with E-state index < -0.39 is 0 Å². The van der Waals surface area contributed by atoms with Gasteiger partial charge in [0.2, 0.25) is 5.75 Å². The lowest BCUT2D eigenvalue weighted by Crippen LogP contribution is -2.15. The Labute approximate surface area is 126 Å². The Morgan fingerprint density at radius 2 is 1.65 bits per heavy atom. The summed E-state index contributed by atoms with van der Waals surface area (Å²) in [6.45, 7) is 1.83. The minimum atomic E-state index is 0.638. The van der Waals surface area contributed by atoms with E-state index in [1.165, 1.54) is 18.6 Å². The van der Waals surface area contributed by atoms with Crippen LogP contribution in [-0.2, 0) is 6.54 Å². The van der Waals surface area contributed by atoms with Gasteiger partial charge < -0.3 is 19.5 Å². The van der Waals surface area contributed by atoms with E-state index in [1.54, 1.807) is 21.3 Å². The van der Waals surface area contributed by atoms with E-state index in [0.29, 0.717) is 17.2 Å². The van der Waals surface area contributed by atoms with Crippen LogP contribution in [0.1, 0.15) is 18.4 Å². The van der Waals surface area contributed by atoms with Crippen molar-refractivity contribution >= 4 is 11.8 Å². The average molecular weight is 299 g/mol. The molecule has 1 N–H and O–H groups in total. The number of methoxy groups -OCH3 is 3. The van der Waals surface area contributed by atoms with Crippen LogP contribution < -0.4 is 19.5 Å². The molecule has 0 unspecified atom stereocenters. The van der Waals surface area contributed by atoms with E-state index >= 15 is 0 Å². The van der Waals surface area contributed by atoms with Crippen molar-refractivity contribution < 1.29 is 14.2 Å². The largest absolute Gasteiger partial charge is 0.493 e. The first kappa shape index (κ1) is 17.0. The summed E-state index contributed by atoms with van der Waals surface area (Å²) in [7, 11) is 4.89. The standard InChI is InChI=1S/C15H25NO3S/c1-17-13-9-12(10-14(18-2)15(13)19-3)11-16-7-5-6-8-20-4/h9-10,16H,5-8,11H2,1-4H3. The highest BCUT2D eigenvalue weighted by Crippen LogP contribution is 2.38. The summed E-state index contributed by atoms with van der Waals surface area (Å²) in [6, 6.07) is 3.96. The van der Waals surface area contributed by atoms with Crippen LogP contribution in [-0.4, -0.2) is 39.9 Å². The van der Waals surface area contributed by atoms with E-state index in [1.807, 2.05) is 23.9 Å². The monoisotopic (exact) mass is 299 g/mol. The smallest absolute Gasteiger partial charge is 0.203 e. The molecule has 0 heterocycles. The molecule has 0 aliphatic heterocycles. The van der Waals surface area contributed by atoms with Gasteiger partial charge in [0.1, 0.15) is 0 Å². The highest BCUT2D eigenvalue weighted by Gasteiger charge is 2.12. The van der Waals surface area contributed by atoms with Crippen LogP contribution in [0.3, 0.4) is 0 Å². The molecule has 114 valence electrons. The summed E-state index contributed by atoms with van der Waals surface area (Å²) in [5.41, 5.74) is 1.13. The number of thioether (sulfide) groups is 1. The zero-order valence-corrected chi connectivity index (χ0v) is 13.6. The third kappa shape index (κ3) is 5.13. The molecule has 0 amide bonds. The van der Waals surface area contributed by atoms with Crippen molar-refractivity contribution in [2.45, 2.75) is 19.4 Å². The third-order valence-corrected chi connectivity index (χ3v) is 3.70. The molecular weight excluding hydrogens is 274 g/mol. The molecule has 1 rings (SSSR count). The maximum Gasteiger partial charge on any atom is 0.203 e. The number of benzene rings is 1. The van der Waals surface area contributed by atoms with Crippen LogP contribution in [0.2, 0.25) is 0 Å². The fraction of sp³-hybridized carbons (Fsp3) is 0.600. The van der Waals surface area contributed by atoms with Crippen LogP contribution in [0.25, 0.3) is 0 Å². The SMILES string of the molecule is COc1cc(CNCCCCSC)cc(OC)c1OC. The van der Waals surface area contributed by atoms with E-state index in [0.717, 1.165) is 18.7 Å². The molecule has 0 bridgehead atoms. The summed E-state index contributed by atoms with van der Waals surface area (Å²) in [5, 5.41) is 3.44. The summed E-state index contributed by atoms with van der Waals surface area (Å²) in [5.74, 6) is 3.27. The quantitative estimate of drug-likeness (QED) is 0.673. The molecular formula is C15H25NO3S. The van der Waals surface area contributed by atoms with Crippen molar-refractivity contribution in [1.29, 1.82) is 0 Å². The Hall–Kier alpha value is -1.07. The van der Waals surface area contributed by atoms with Crippen LogP contribution in [0.5, 0.6) is 17.2 Å². The lowest BCUT2D eigenvalue weighted by Gasteiger charge is -2.14. The van der Waals surface area contributed by atoms with Crippen LogP contribution in [0, 0.1) is 0 Å². The van der Waals surface area contributed by atoms with Gasteiger partial charge in [-0.3, -0.25) is 0 Å². The van der Waals surface area contributed by atoms with Crippen molar-refractivity contribution in [3.05, 3.63) is 17.7 Å². The second kappa shape index (κ2) is 9.77. The van der Waals surface area contributed by atoms with E-state index in [9.17, 15) is 0 Å². The molecule has 0 saturated carbocycles. The number of hydrogen-bond donors (Lipinski definition) is 1. The fourth-order valence-corrected chi connectivity index (χ4v) is 2.46. The van der Waals surface area contributed by atoms with E-state index in [4.69, 9.17) is 14.2 Å². The molecule has 1 aromatic carbocycles. The number of nitrogens with one attached hydrogen (secondary N) is 1. The molecule has 0 fully saturated rings. The van der Waals surface area contributed by atoms with Gasteiger partial charge in [-0.25, -0.2) is 0 Å². The second-order valence-corrected chi connectivity index (χ2v) is 5.40. The summed E-state index contributed by atoms with van der Waals surface area (Å²) in [6.07, 6.45) is 4.60. The number of rotatable bonds is 10. The van der Waals surface area contributed by atoms with Crippen molar-refractivity contribution in [2.75, 3.05) is 39.9 Å². The molecule has 0 aliphatic rings. The number of ether oxygens (including phenoxy) is 3. The van der Waals surface area contributed by atoms with E-state index in [-0.39, 0.29) is 0 Å². The Morgan fingerprint density at radius 1 is 1.00 bits per heavy atom. The third-order valence-electron chi connectivity index (χ3n) is 3.01. The molecule has 0 aromatic heterocycles. The molecule has 1 aromatic rings. The van der Waals surface area contributed by atoms with Crippen molar-refractivity contribution in [3.63, 3.8) is 0 Å². The number of hydrogen-bond acceptors (Lipinski definition) is 5.